The zero-order chi connectivity index (χ0) is 22.8. The van der Waals surface area contributed by atoms with Gasteiger partial charge in [-0.05, 0) is 43.3 Å². The standard InChI is InChI=1S/C24H19N5O4/c1-14-10-26-17(11-25-14)12-27-23(30)15-6-7-21-19(9-15)22(29-33-21)20-13-32-24(28-20)16-4-3-5-18(8-16)31-2/h3-11,13H,12H2,1-2H3,(H,27,30). The number of hydrogen-bond donors (Lipinski definition) is 1. The lowest BCUT2D eigenvalue weighted by Crippen LogP contribution is -2.23. The van der Waals surface area contributed by atoms with Gasteiger partial charge in [-0.25, -0.2) is 4.98 Å². The average molecular weight is 441 g/mol. The summed E-state index contributed by atoms with van der Waals surface area (Å²) in [6.07, 6.45) is 4.81. The molecule has 3 heterocycles. The van der Waals surface area contributed by atoms with Crippen molar-refractivity contribution in [2.24, 2.45) is 0 Å². The predicted molar refractivity (Wildman–Crippen MR) is 119 cm³/mol. The van der Waals surface area contributed by atoms with Crippen LogP contribution in [0.25, 0.3) is 33.8 Å². The highest BCUT2D eigenvalue weighted by Crippen LogP contribution is 2.31. The van der Waals surface area contributed by atoms with Crippen molar-refractivity contribution >= 4 is 16.9 Å². The number of aryl methyl sites for hydroxylation is 1. The molecule has 0 atom stereocenters. The van der Waals surface area contributed by atoms with Gasteiger partial charge in [-0.3, -0.25) is 14.8 Å². The molecule has 9 heteroatoms. The smallest absolute Gasteiger partial charge is 0.251 e. The van der Waals surface area contributed by atoms with Crippen LogP contribution in [0.1, 0.15) is 21.7 Å². The Morgan fingerprint density at radius 3 is 2.85 bits per heavy atom. The number of oxazole rings is 1. The van der Waals surface area contributed by atoms with E-state index in [1.165, 1.54) is 6.26 Å². The summed E-state index contributed by atoms with van der Waals surface area (Å²) in [4.78, 5) is 25.7. The topological polar surface area (TPSA) is 116 Å². The molecule has 0 radical (unpaired) electrons. The lowest BCUT2D eigenvalue weighted by Gasteiger charge is -2.05. The number of nitrogens with one attached hydrogen (secondary N) is 1. The van der Waals surface area contributed by atoms with Crippen molar-refractivity contribution < 1.29 is 18.5 Å². The van der Waals surface area contributed by atoms with E-state index >= 15 is 0 Å². The monoisotopic (exact) mass is 441 g/mol. The summed E-state index contributed by atoms with van der Waals surface area (Å²) in [5, 5.41) is 7.64. The number of carbonyl (C=O) groups is 1. The van der Waals surface area contributed by atoms with Crippen molar-refractivity contribution in [3.63, 3.8) is 0 Å². The minimum absolute atomic E-state index is 0.247. The summed E-state index contributed by atoms with van der Waals surface area (Å²) in [6.45, 7) is 2.13. The normalized spacial score (nSPS) is 11.0. The van der Waals surface area contributed by atoms with Gasteiger partial charge in [-0.2, -0.15) is 0 Å². The molecule has 0 aliphatic rings. The summed E-state index contributed by atoms with van der Waals surface area (Å²) in [5.74, 6) is 0.878. The Hall–Kier alpha value is -4.53. The molecule has 0 unspecified atom stereocenters. The van der Waals surface area contributed by atoms with Gasteiger partial charge in [0.2, 0.25) is 5.89 Å². The van der Waals surface area contributed by atoms with Gasteiger partial charge in [0.05, 0.1) is 36.6 Å². The number of rotatable bonds is 6. The van der Waals surface area contributed by atoms with Gasteiger partial charge in [0.15, 0.2) is 5.58 Å². The lowest BCUT2D eigenvalue weighted by atomic mass is 10.1. The van der Waals surface area contributed by atoms with Crippen molar-refractivity contribution in [1.82, 2.24) is 25.4 Å². The largest absolute Gasteiger partial charge is 0.497 e. The number of benzene rings is 2. The molecule has 0 aliphatic heterocycles. The van der Waals surface area contributed by atoms with Crippen LogP contribution in [0.4, 0.5) is 0 Å². The van der Waals surface area contributed by atoms with Crippen molar-refractivity contribution in [2.75, 3.05) is 7.11 Å². The molecule has 33 heavy (non-hydrogen) atoms. The second kappa shape index (κ2) is 8.54. The number of nitrogens with zero attached hydrogens (tertiary/aromatic N) is 4. The first kappa shape index (κ1) is 20.4. The molecular formula is C24H19N5O4. The van der Waals surface area contributed by atoms with Gasteiger partial charge in [0.25, 0.3) is 5.91 Å². The number of fused-ring (bicyclic) bond motifs is 1. The van der Waals surface area contributed by atoms with Gasteiger partial charge in [-0.1, -0.05) is 11.2 Å². The van der Waals surface area contributed by atoms with Crippen molar-refractivity contribution in [3.8, 4) is 28.6 Å². The molecule has 0 spiro atoms. The molecule has 164 valence electrons. The fraction of sp³-hybridized carbons (Fsp3) is 0.125. The molecule has 0 fully saturated rings. The van der Waals surface area contributed by atoms with Crippen LogP contribution in [0.3, 0.4) is 0 Å². The van der Waals surface area contributed by atoms with Crippen LogP contribution in [-0.4, -0.2) is 33.1 Å². The fourth-order valence-electron chi connectivity index (χ4n) is 3.32. The maximum atomic E-state index is 12.7. The maximum absolute atomic E-state index is 12.7. The number of ether oxygens (including phenoxy) is 1. The highest BCUT2D eigenvalue weighted by atomic mass is 16.5. The second-order valence-corrected chi connectivity index (χ2v) is 7.34. The third-order valence-electron chi connectivity index (χ3n) is 5.06. The number of aromatic nitrogens is 4. The van der Waals surface area contributed by atoms with E-state index in [0.29, 0.717) is 45.3 Å². The average Bonchev–Trinajstić information content (AvgIpc) is 3.50. The molecule has 1 amide bonds. The molecule has 9 nitrogen and oxygen atoms in total. The number of amides is 1. The van der Waals surface area contributed by atoms with Crippen LogP contribution in [0.15, 0.2) is 70.1 Å². The van der Waals surface area contributed by atoms with Crippen LogP contribution in [0.2, 0.25) is 0 Å². The Morgan fingerprint density at radius 2 is 2.03 bits per heavy atom. The molecule has 0 saturated heterocycles. The van der Waals surface area contributed by atoms with Crippen molar-refractivity contribution in [3.05, 3.63) is 78.1 Å². The third-order valence-corrected chi connectivity index (χ3v) is 5.06. The lowest BCUT2D eigenvalue weighted by molar-refractivity contribution is 0.0950. The second-order valence-electron chi connectivity index (χ2n) is 7.34. The predicted octanol–water partition coefficient (Wildman–Crippen LogP) is 4.19. The zero-order valence-corrected chi connectivity index (χ0v) is 17.9. The Balaban J connectivity index is 1.40. The SMILES string of the molecule is COc1cccc(-c2nc(-c3noc4ccc(C(=O)NCc5cnc(C)cn5)cc34)co2)c1. The van der Waals surface area contributed by atoms with Crippen LogP contribution in [0, 0.1) is 6.92 Å². The number of methoxy groups -OCH3 is 1. The molecule has 0 aliphatic carbocycles. The summed E-state index contributed by atoms with van der Waals surface area (Å²) < 4.78 is 16.3. The Morgan fingerprint density at radius 1 is 1.12 bits per heavy atom. The van der Waals surface area contributed by atoms with E-state index < -0.39 is 0 Å². The minimum Gasteiger partial charge on any atom is -0.497 e. The molecule has 0 saturated carbocycles. The zero-order valence-electron chi connectivity index (χ0n) is 17.9. The van der Waals surface area contributed by atoms with Crippen molar-refractivity contribution in [2.45, 2.75) is 13.5 Å². The van der Waals surface area contributed by atoms with Crippen LogP contribution < -0.4 is 10.1 Å². The van der Waals surface area contributed by atoms with Gasteiger partial charge >= 0.3 is 0 Å². The van der Waals surface area contributed by atoms with Gasteiger partial charge in [0.1, 0.15) is 23.4 Å². The first-order chi connectivity index (χ1) is 16.1. The van der Waals surface area contributed by atoms with Crippen LogP contribution in [0.5, 0.6) is 5.75 Å². The van der Waals surface area contributed by atoms with E-state index in [1.54, 1.807) is 37.7 Å². The quantitative estimate of drug-likeness (QED) is 0.417. The van der Waals surface area contributed by atoms with Crippen LogP contribution in [-0.2, 0) is 6.54 Å². The summed E-state index contributed by atoms with van der Waals surface area (Å²) in [5.41, 5.74) is 4.25. The maximum Gasteiger partial charge on any atom is 0.251 e. The van der Waals surface area contributed by atoms with E-state index in [2.05, 4.69) is 25.4 Å². The minimum atomic E-state index is -0.247. The molecule has 1 N–H and O–H groups in total. The molecular weight excluding hydrogens is 422 g/mol. The summed E-state index contributed by atoms with van der Waals surface area (Å²) in [7, 11) is 1.60. The van der Waals surface area contributed by atoms with Gasteiger partial charge in [-0.15, -0.1) is 0 Å². The van der Waals surface area contributed by atoms with Crippen molar-refractivity contribution in [1.29, 1.82) is 0 Å². The highest BCUT2D eigenvalue weighted by molar-refractivity contribution is 6.00. The van der Waals surface area contributed by atoms with E-state index in [0.717, 1.165) is 11.3 Å². The number of carbonyl (C=O) groups excluding carboxylic acids is 1. The van der Waals surface area contributed by atoms with E-state index in [4.69, 9.17) is 13.7 Å². The first-order valence-electron chi connectivity index (χ1n) is 10.2. The molecule has 2 aromatic carbocycles. The molecule has 3 aromatic heterocycles. The van der Waals surface area contributed by atoms with E-state index in [9.17, 15) is 4.79 Å². The number of hydrogen-bond acceptors (Lipinski definition) is 8. The Bertz CT molecular complexity index is 1440. The Kier molecular flexibility index (Phi) is 5.27. The summed E-state index contributed by atoms with van der Waals surface area (Å²) in [6, 6.07) is 12.5. The van der Waals surface area contributed by atoms with E-state index in [1.807, 2.05) is 31.2 Å². The van der Waals surface area contributed by atoms with Gasteiger partial charge < -0.3 is 19.0 Å². The first-order valence-corrected chi connectivity index (χ1v) is 10.2. The Labute approximate surface area is 188 Å². The molecule has 0 bridgehead atoms. The summed E-state index contributed by atoms with van der Waals surface area (Å²) >= 11 is 0. The highest BCUT2D eigenvalue weighted by Gasteiger charge is 2.18. The fourth-order valence-corrected chi connectivity index (χ4v) is 3.32. The molecule has 5 aromatic rings. The molecule has 5 rings (SSSR count). The van der Waals surface area contributed by atoms with Gasteiger partial charge in [0, 0.05) is 17.3 Å². The van der Waals surface area contributed by atoms with Crippen LogP contribution >= 0.6 is 0 Å². The third kappa shape index (κ3) is 4.16. The van der Waals surface area contributed by atoms with E-state index in [-0.39, 0.29) is 12.5 Å².